The maximum absolute atomic E-state index is 11.2. The summed E-state index contributed by atoms with van der Waals surface area (Å²) in [5, 5.41) is 13.9. The number of aryl methyl sites for hydroxylation is 1. The second-order valence-electron chi connectivity index (χ2n) is 5.58. The number of benzene rings is 2. The highest BCUT2D eigenvalue weighted by molar-refractivity contribution is 6.30. The second kappa shape index (κ2) is 6.45. The fraction of sp³-hybridized carbons (Fsp3) is 0.167. The molecule has 0 aliphatic rings. The molecule has 3 aromatic rings. The minimum Gasteiger partial charge on any atom is -0.478 e. The molecule has 0 fully saturated rings. The van der Waals surface area contributed by atoms with Gasteiger partial charge in [-0.25, -0.2) is 14.8 Å². The summed E-state index contributed by atoms with van der Waals surface area (Å²) in [4.78, 5) is 20.0. The van der Waals surface area contributed by atoms with Crippen LogP contribution in [0.15, 0.2) is 42.5 Å². The highest BCUT2D eigenvalue weighted by Crippen LogP contribution is 2.26. The summed E-state index contributed by atoms with van der Waals surface area (Å²) in [6, 6.07) is 12.4. The molecule has 0 aliphatic carbocycles. The lowest BCUT2D eigenvalue weighted by Gasteiger charge is -2.17. The maximum atomic E-state index is 11.2. The fourth-order valence-electron chi connectivity index (χ4n) is 2.55. The van der Waals surface area contributed by atoms with E-state index in [9.17, 15) is 9.90 Å². The van der Waals surface area contributed by atoms with E-state index < -0.39 is 5.97 Å². The molecule has 3 rings (SSSR count). The van der Waals surface area contributed by atoms with Crippen LogP contribution in [-0.4, -0.2) is 21.0 Å². The molecule has 0 amide bonds. The van der Waals surface area contributed by atoms with Crippen molar-refractivity contribution in [2.75, 3.05) is 5.32 Å². The molecule has 1 atom stereocenters. The highest BCUT2D eigenvalue weighted by atomic mass is 35.5. The van der Waals surface area contributed by atoms with E-state index in [1.54, 1.807) is 25.1 Å². The van der Waals surface area contributed by atoms with Gasteiger partial charge in [0, 0.05) is 10.4 Å². The van der Waals surface area contributed by atoms with Gasteiger partial charge in [-0.2, -0.15) is 0 Å². The van der Waals surface area contributed by atoms with Crippen LogP contribution in [0.3, 0.4) is 0 Å². The first kappa shape index (κ1) is 16.2. The lowest BCUT2D eigenvalue weighted by molar-refractivity contribution is 0.0697. The minimum atomic E-state index is -0.980. The number of nitrogens with zero attached hydrogens (tertiary/aromatic N) is 2. The number of rotatable bonds is 4. The van der Waals surface area contributed by atoms with Crippen LogP contribution in [0.1, 0.15) is 34.7 Å². The smallest absolute Gasteiger partial charge is 0.335 e. The third-order valence-electron chi connectivity index (χ3n) is 3.76. The quantitative estimate of drug-likeness (QED) is 0.732. The van der Waals surface area contributed by atoms with E-state index in [1.165, 1.54) is 0 Å². The van der Waals surface area contributed by atoms with E-state index in [4.69, 9.17) is 11.6 Å². The lowest BCUT2D eigenvalue weighted by atomic mass is 10.1. The Morgan fingerprint density at radius 2 is 2.00 bits per heavy atom. The van der Waals surface area contributed by atoms with Gasteiger partial charge in [-0.15, -0.1) is 0 Å². The Balaban J connectivity index is 2.04. The maximum Gasteiger partial charge on any atom is 0.335 e. The number of carbonyl (C=O) groups is 1. The van der Waals surface area contributed by atoms with E-state index in [0.29, 0.717) is 27.6 Å². The number of hydrogen-bond donors (Lipinski definition) is 2. The van der Waals surface area contributed by atoms with E-state index in [2.05, 4.69) is 15.3 Å². The molecule has 122 valence electrons. The molecule has 2 N–H and O–H groups in total. The topological polar surface area (TPSA) is 75.1 Å². The van der Waals surface area contributed by atoms with Gasteiger partial charge in [0.2, 0.25) is 0 Å². The van der Waals surface area contributed by atoms with Gasteiger partial charge < -0.3 is 10.4 Å². The van der Waals surface area contributed by atoms with Crippen LogP contribution in [0.4, 0.5) is 5.82 Å². The predicted octanol–water partition coefficient (Wildman–Crippen LogP) is 4.46. The highest BCUT2D eigenvalue weighted by Gasteiger charge is 2.13. The molecule has 0 bridgehead atoms. The molecule has 24 heavy (non-hydrogen) atoms. The van der Waals surface area contributed by atoms with Crippen molar-refractivity contribution in [3.05, 3.63) is 64.4 Å². The monoisotopic (exact) mass is 341 g/mol. The number of fused-ring (bicyclic) bond motifs is 1. The second-order valence-corrected chi connectivity index (χ2v) is 6.01. The summed E-state index contributed by atoms with van der Waals surface area (Å²) >= 11 is 6.05. The first-order chi connectivity index (χ1) is 11.4. The van der Waals surface area contributed by atoms with Gasteiger partial charge in [0.1, 0.15) is 11.6 Å². The van der Waals surface area contributed by atoms with Crippen LogP contribution < -0.4 is 5.32 Å². The summed E-state index contributed by atoms with van der Waals surface area (Å²) in [5.41, 5.74) is 1.92. The Kier molecular flexibility index (Phi) is 4.36. The Morgan fingerprint density at radius 1 is 1.21 bits per heavy atom. The van der Waals surface area contributed by atoms with Gasteiger partial charge in [-0.05, 0) is 49.7 Å². The molecule has 6 heteroatoms. The number of hydrogen-bond acceptors (Lipinski definition) is 4. The Labute approximate surface area is 144 Å². The molecule has 1 aromatic heterocycles. The van der Waals surface area contributed by atoms with E-state index in [1.807, 2.05) is 31.2 Å². The molecule has 0 radical (unpaired) electrons. The number of aromatic nitrogens is 2. The van der Waals surface area contributed by atoms with Gasteiger partial charge in [-0.1, -0.05) is 23.7 Å². The zero-order chi connectivity index (χ0) is 17.3. The van der Waals surface area contributed by atoms with E-state index in [0.717, 1.165) is 5.56 Å². The first-order valence-electron chi connectivity index (χ1n) is 7.48. The van der Waals surface area contributed by atoms with Crippen molar-refractivity contribution >= 4 is 34.3 Å². The normalized spacial score (nSPS) is 12.1. The zero-order valence-electron chi connectivity index (χ0n) is 13.2. The SMILES string of the molecule is Cc1nc(NC(C)c2cccc(Cl)c2)c2cc(C(=O)O)ccc2n1. The molecule has 0 spiro atoms. The van der Waals surface area contributed by atoms with Crippen LogP contribution in [-0.2, 0) is 0 Å². The predicted molar refractivity (Wildman–Crippen MR) is 94.7 cm³/mol. The molecule has 5 nitrogen and oxygen atoms in total. The molecular weight excluding hydrogens is 326 g/mol. The Hall–Kier alpha value is -2.66. The number of carboxylic acid groups (broad SMARTS) is 1. The van der Waals surface area contributed by atoms with Gasteiger partial charge >= 0.3 is 5.97 Å². The molecule has 0 saturated heterocycles. The van der Waals surface area contributed by atoms with Crippen molar-refractivity contribution in [3.63, 3.8) is 0 Å². The largest absolute Gasteiger partial charge is 0.478 e. The number of aromatic carboxylic acids is 1. The van der Waals surface area contributed by atoms with E-state index in [-0.39, 0.29) is 11.6 Å². The number of halogens is 1. The Morgan fingerprint density at radius 3 is 2.71 bits per heavy atom. The van der Waals surface area contributed by atoms with Crippen molar-refractivity contribution in [1.82, 2.24) is 9.97 Å². The van der Waals surface area contributed by atoms with Gasteiger partial charge in [0.05, 0.1) is 17.1 Å². The third kappa shape index (κ3) is 3.31. The molecule has 0 aliphatic heterocycles. The van der Waals surface area contributed by atoms with Crippen LogP contribution >= 0.6 is 11.6 Å². The summed E-state index contributed by atoms with van der Waals surface area (Å²) in [6.07, 6.45) is 0. The summed E-state index contributed by atoms with van der Waals surface area (Å²) in [7, 11) is 0. The number of anilines is 1. The average molecular weight is 342 g/mol. The first-order valence-corrected chi connectivity index (χ1v) is 7.85. The lowest BCUT2D eigenvalue weighted by Crippen LogP contribution is -2.10. The van der Waals surface area contributed by atoms with Crippen molar-refractivity contribution in [1.29, 1.82) is 0 Å². The number of nitrogens with one attached hydrogen (secondary N) is 1. The summed E-state index contributed by atoms with van der Waals surface area (Å²) in [6.45, 7) is 3.80. The van der Waals surface area contributed by atoms with Crippen molar-refractivity contribution in [3.8, 4) is 0 Å². The van der Waals surface area contributed by atoms with Crippen LogP contribution in [0.2, 0.25) is 5.02 Å². The van der Waals surface area contributed by atoms with E-state index >= 15 is 0 Å². The van der Waals surface area contributed by atoms with Crippen LogP contribution in [0, 0.1) is 6.92 Å². The van der Waals surface area contributed by atoms with Gasteiger partial charge in [-0.3, -0.25) is 0 Å². The average Bonchev–Trinajstić information content (AvgIpc) is 2.54. The number of carboxylic acids is 1. The minimum absolute atomic E-state index is 0.0466. The van der Waals surface area contributed by atoms with Gasteiger partial charge in [0.25, 0.3) is 0 Å². The van der Waals surface area contributed by atoms with Crippen LogP contribution in [0.5, 0.6) is 0 Å². The van der Waals surface area contributed by atoms with Crippen molar-refractivity contribution < 1.29 is 9.90 Å². The van der Waals surface area contributed by atoms with Crippen LogP contribution in [0.25, 0.3) is 10.9 Å². The third-order valence-corrected chi connectivity index (χ3v) is 3.99. The molecule has 1 heterocycles. The Bertz CT molecular complexity index is 927. The molecule has 2 aromatic carbocycles. The van der Waals surface area contributed by atoms with Gasteiger partial charge in [0.15, 0.2) is 0 Å². The summed E-state index contributed by atoms with van der Waals surface area (Å²) in [5.74, 6) is 0.241. The molecular formula is C18H16ClN3O2. The standard InChI is InChI=1S/C18H16ClN3O2/c1-10(12-4-3-5-14(19)8-12)20-17-15-9-13(18(23)24)6-7-16(15)21-11(2)22-17/h3-10H,1-2H3,(H,23,24)(H,20,21,22). The van der Waals surface area contributed by atoms with Crippen molar-refractivity contribution in [2.45, 2.75) is 19.9 Å². The van der Waals surface area contributed by atoms with Crippen molar-refractivity contribution in [2.24, 2.45) is 0 Å². The molecule has 1 unspecified atom stereocenters. The zero-order valence-corrected chi connectivity index (χ0v) is 14.0. The fourth-order valence-corrected chi connectivity index (χ4v) is 2.75. The summed E-state index contributed by atoms with van der Waals surface area (Å²) < 4.78 is 0. The molecule has 0 saturated carbocycles.